The standard InChI is InChI=1S/C9H7BrFNO.C6H5BrFN.C3H3ClO/c1-2-9(13)12-8-4-3-6(10)5-7(8)11;7-4-1-2-6(9)5(8)3-4;1-2-3(4)5/h2-5H,1H2,(H,12,13);1-3H,9H2;2H,1H2. The second kappa shape index (κ2) is 13.2. The number of amides is 1. The summed E-state index contributed by atoms with van der Waals surface area (Å²) < 4.78 is 26.8. The lowest BCUT2D eigenvalue weighted by atomic mass is 10.3. The van der Waals surface area contributed by atoms with Gasteiger partial charge in [0.25, 0.3) is 0 Å². The summed E-state index contributed by atoms with van der Waals surface area (Å²) in [5.41, 5.74) is 5.52. The predicted molar refractivity (Wildman–Crippen MR) is 112 cm³/mol. The molecular formula is C18H15Br2ClF2N2O2. The van der Waals surface area contributed by atoms with Crippen LogP contribution in [0, 0.1) is 11.6 Å². The first-order valence-corrected chi connectivity index (χ1v) is 8.98. The molecule has 0 atom stereocenters. The quantitative estimate of drug-likeness (QED) is 0.302. The van der Waals surface area contributed by atoms with Gasteiger partial charge >= 0.3 is 0 Å². The number of carbonyl (C=O) groups is 2. The van der Waals surface area contributed by atoms with Gasteiger partial charge in [-0.2, -0.15) is 0 Å². The molecule has 0 bridgehead atoms. The second-order valence-corrected chi connectivity index (χ2v) is 6.70. The molecule has 2 rings (SSSR count). The first-order valence-electron chi connectivity index (χ1n) is 7.01. The van der Waals surface area contributed by atoms with E-state index in [-0.39, 0.29) is 17.2 Å². The third-order valence-corrected chi connectivity index (χ3v) is 3.64. The lowest BCUT2D eigenvalue weighted by Crippen LogP contribution is -2.08. The zero-order valence-corrected chi connectivity index (χ0v) is 17.7. The van der Waals surface area contributed by atoms with Gasteiger partial charge in [0.05, 0.1) is 11.4 Å². The molecule has 0 spiro atoms. The van der Waals surface area contributed by atoms with Crippen molar-refractivity contribution < 1.29 is 18.4 Å². The van der Waals surface area contributed by atoms with Crippen LogP contribution in [0.1, 0.15) is 0 Å². The summed E-state index contributed by atoms with van der Waals surface area (Å²) in [7, 11) is 0. The number of nitrogens with one attached hydrogen (secondary N) is 1. The van der Waals surface area contributed by atoms with Crippen LogP contribution in [-0.4, -0.2) is 11.1 Å². The van der Waals surface area contributed by atoms with Crippen LogP contribution in [0.15, 0.2) is 70.7 Å². The van der Waals surface area contributed by atoms with Crippen LogP contribution < -0.4 is 11.1 Å². The summed E-state index contributed by atoms with van der Waals surface area (Å²) >= 11 is 10.9. The van der Waals surface area contributed by atoms with Gasteiger partial charge in [-0.05, 0) is 60.2 Å². The van der Waals surface area contributed by atoms with Crippen molar-refractivity contribution in [2.24, 2.45) is 0 Å². The Kier molecular flexibility index (Phi) is 12.2. The average molecular weight is 525 g/mol. The van der Waals surface area contributed by atoms with E-state index in [2.05, 4.69) is 50.3 Å². The Hall–Kier alpha value is -2.03. The maximum Gasteiger partial charge on any atom is 0.247 e. The summed E-state index contributed by atoms with van der Waals surface area (Å²) in [4.78, 5) is 20.3. The molecule has 0 aliphatic rings. The molecule has 0 radical (unpaired) electrons. The molecule has 9 heteroatoms. The smallest absolute Gasteiger partial charge is 0.247 e. The third kappa shape index (κ3) is 11.3. The molecule has 144 valence electrons. The Morgan fingerprint density at radius 3 is 1.85 bits per heavy atom. The molecule has 0 aliphatic carbocycles. The molecule has 0 unspecified atom stereocenters. The number of allylic oxidation sites excluding steroid dienone is 1. The topological polar surface area (TPSA) is 72.2 Å². The van der Waals surface area contributed by atoms with Crippen molar-refractivity contribution in [3.05, 3.63) is 82.3 Å². The van der Waals surface area contributed by atoms with E-state index in [0.717, 1.165) is 12.2 Å². The molecule has 27 heavy (non-hydrogen) atoms. The molecule has 0 aliphatic heterocycles. The summed E-state index contributed by atoms with van der Waals surface area (Å²) in [6.07, 6.45) is 2.13. The highest BCUT2D eigenvalue weighted by atomic mass is 79.9. The fourth-order valence-electron chi connectivity index (χ4n) is 1.28. The van der Waals surface area contributed by atoms with Gasteiger partial charge < -0.3 is 11.1 Å². The van der Waals surface area contributed by atoms with Crippen LogP contribution in [0.5, 0.6) is 0 Å². The molecule has 0 saturated carbocycles. The molecule has 0 heterocycles. The Morgan fingerprint density at radius 2 is 1.48 bits per heavy atom. The number of benzene rings is 2. The molecular weight excluding hydrogens is 509 g/mol. The number of hydrogen-bond donors (Lipinski definition) is 2. The minimum absolute atomic E-state index is 0.146. The second-order valence-electron chi connectivity index (χ2n) is 4.49. The van der Waals surface area contributed by atoms with Gasteiger partial charge in [0.1, 0.15) is 11.6 Å². The Bertz CT molecular complexity index is 833. The van der Waals surface area contributed by atoms with E-state index in [1.54, 1.807) is 12.1 Å². The number of hydrogen-bond acceptors (Lipinski definition) is 3. The summed E-state index contributed by atoms with van der Waals surface area (Å²) in [6, 6.07) is 8.93. The number of anilines is 2. The predicted octanol–water partition coefficient (Wildman–Crippen LogP) is 5.82. The fourth-order valence-corrected chi connectivity index (χ4v) is 1.94. The Morgan fingerprint density at radius 1 is 1.00 bits per heavy atom. The minimum atomic E-state index is -0.509. The summed E-state index contributed by atoms with van der Waals surface area (Å²) in [5, 5.41) is 1.83. The Balaban J connectivity index is 0.000000419. The number of nitrogen functional groups attached to an aromatic ring is 1. The lowest BCUT2D eigenvalue weighted by Gasteiger charge is -2.03. The maximum atomic E-state index is 13.1. The molecule has 1 amide bonds. The lowest BCUT2D eigenvalue weighted by molar-refractivity contribution is -0.112. The molecule has 3 N–H and O–H groups in total. The van der Waals surface area contributed by atoms with Crippen molar-refractivity contribution in [1.82, 2.24) is 0 Å². The van der Waals surface area contributed by atoms with Crippen molar-refractivity contribution in [3.63, 3.8) is 0 Å². The van der Waals surface area contributed by atoms with Crippen molar-refractivity contribution >= 4 is 66.0 Å². The summed E-state index contributed by atoms with van der Waals surface area (Å²) in [6.45, 7) is 6.34. The first kappa shape index (κ1) is 25.0. The van der Waals surface area contributed by atoms with Crippen molar-refractivity contribution in [2.75, 3.05) is 11.1 Å². The largest absolute Gasteiger partial charge is 0.396 e. The summed E-state index contributed by atoms with van der Waals surface area (Å²) in [5.74, 6) is -1.30. The van der Waals surface area contributed by atoms with E-state index < -0.39 is 17.0 Å². The number of nitrogens with two attached hydrogens (primary N) is 1. The van der Waals surface area contributed by atoms with Gasteiger partial charge in [-0.25, -0.2) is 8.78 Å². The highest BCUT2D eigenvalue weighted by Gasteiger charge is 2.03. The van der Waals surface area contributed by atoms with Gasteiger partial charge in [0.2, 0.25) is 11.1 Å². The molecule has 4 nitrogen and oxygen atoms in total. The first-order chi connectivity index (χ1) is 12.6. The average Bonchev–Trinajstić information content (AvgIpc) is 2.61. The third-order valence-electron chi connectivity index (χ3n) is 2.50. The fraction of sp³-hybridized carbons (Fsp3) is 0. The number of carbonyl (C=O) groups excluding carboxylic acids is 2. The molecule has 2 aromatic rings. The zero-order chi connectivity index (χ0) is 21.0. The van der Waals surface area contributed by atoms with Crippen molar-refractivity contribution in [1.29, 1.82) is 0 Å². The van der Waals surface area contributed by atoms with Crippen LogP contribution in [0.4, 0.5) is 20.2 Å². The minimum Gasteiger partial charge on any atom is -0.396 e. The van der Waals surface area contributed by atoms with Gasteiger partial charge in [0.15, 0.2) is 0 Å². The monoisotopic (exact) mass is 522 g/mol. The van der Waals surface area contributed by atoms with E-state index in [9.17, 15) is 18.4 Å². The molecule has 2 aromatic carbocycles. The SMILES string of the molecule is C=CC(=O)Cl.C=CC(=O)Nc1ccc(Br)cc1F.Nc1ccc(Br)cc1F. The molecule has 0 fully saturated rings. The van der Waals surface area contributed by atoms with E-state index in [1.165, 1.54) is 24.3 Å². The molecule has 0 saturated heterocycles. The van der Waals surface area contributed by atoms with Crippen LogP contribution >= 0.6 is 43.5 Å². The number of halogens is 5. The van der Waals surface area contributed by atoms with Crippen LogP contribution in [0.3, 0.4) is 0 Å². The van der Waals surface area contributed by atoms with E-state index >= 15 is 0 Å². The van der Waals surface area contributed by atoms with Crippen molar-refractivity contribution in [3.8, 4) is 0 Å². The van der Waals surface area contributed by atoms with Gasteiger partial charge in [0, 0.05) is 8.95 Å². The van der Waals surface area contributed by atoms with Gasteiger partial charge in [-0.15, -0.1) is 0 Å². The molecule has 0 aromatic heterocycles. The normalized spacial score (nSPS) is 8.93. The number of rotatable bonds is 3. The van der Waals surface area contributed by atoms with Crippen LogP contribution in [-0.2, 0) is 9.59 Å². The Labute approximate surface area is 177 Å². The maximum absolute atomic E-state index is 13.1. The van der Waals surface area contributed by atoms with Crippen LogP contribution in [0.2, 0.25) is 0 Å². The van der Waals surface area contributed by atoms with Crippen molar-refractivity contribution in [2.45, 2.75) is 0 Å². The van der Waals surface area contributed by atoms with E-state index in [1.807, 2.05) is 0 Å². The van der Waals surface area contributed by atoms with E-state index in [4.69, 9.17) is 17.3 Å². The van der Waals surface area contributed by atoms with E-state index in [0.29, 0.717) is 8.95 Å². The highest BCUT2D eigenvalue weighted by molar-refractivity contribution is 9.10. The highest BCUT2D eigenvalue weighted by Crippen LogP contribution is 2.19. The van der Waals surface area contributed by atoms with Crippen LogP contribution in [0.25, 0.3) is 0 Å². The van der Waals surface area contributed by atoms with Gasteiger partial charge in [-0.1, -0.05) is 45.0 Å². The van der Waals surface area contributed by atoms with Gasteiger partial charge in [-0.3, -0.25) is 9.59 Å². The zero-order valence-electron chi connectivity index (χ0n) is 13.8.